The highest BCUT2D eigenvalue weighted by Crippen LogP contribution is 2.32. The van der Waals surface area contributed by atoms with Crippen LogP contribution in [0.4, 0.5) is 5.69 Å². The number of anilines is 1. The number of unbranched alkanes of at least 4 members (excludes halogenated alkanes) is 9. The largest absolute Gasteiger partial charge is 0.326 e. The van der Waals surface area contributed by atoms with E-state index in [4.69, 9.17) is 0 Å². The van der Waals surface area contributed by atoms with Gasteiger partial charge in [-0.05, 0) is 34.6 Å². The van der Waals surface area contributed by atoms with Crippen molar-refractivity contribution in [3.8, 4) is 0 Å². The van der Waals surface area contributed by atoms with Gasteiger partial charge in [-0.15, -0.1) is 10.2 Å². The molecule has 190 valence electrons. The van der Waals surface area contributed by atoms with Gasteiger partial charge >= 0.3 is 0 Å². The molecule has 1 aromatic carbocycles. The van der Waals surface area contributed by atoms with Crippen molar-refractivity contribution < 1.29 is 4.79 Å². The predicted molar refractivity (Wildman–Crippen MR) is 141 cm³/mol. The van der Waals surface area contributed by atoms with E-state index in [1.807, 2.05) is 0 Å². The van der Waals surface area contributed by atoms with Crippen molar-refractivity contribution in [3.63, 3.8) is 0 Å². The van der Waals surface area contributed by atoms with Crippen LogP contribution in [0.3, 0.4) is 0 Å². The third-order valence-corrected chi connectivity index (χ3v) is 6.42. The molecule has 34 heavy (non-hydrogen) atoms. The first kappa shape index (κ1) is 28.0. The fourth-order valence-corrected chi connectivity index (χ4v) is 4.33. The summed E-state index contributed by atoms with van der Waals surface area (Å²) in [7, 11) is 0. The SMILES string of the molecule is CCCCCCCCCCCCn1nnc(CCC(=O)Nc2c(C(C)C)cccc2C(C)C)n1. The van der Waals surface area contributed by atoms with Crippen LogP contribution in [0.5, 0.6) is 0 Å². The highest BCUT2D eigenvalue weighted by molar-refractivity contribution is 5.92. The zero-order chi connectivity index (χ0) is 24.8. The molecule has 0 bridgehead atoms. The summed E-state index contributed by atoms with van der Waals surface area (Å²) in [4.78, 5) is 14.4. The number of benzene rings is 1. The predicted octanol–water partition coefficient (Wildman–Crippen LogP) is 7.41. The summed E-state index contributed by atoms with van der Waals surface area (Å²) in [5.74, 6) is 1.34. The van der Waals surface area contributed by atoms with Crippen LogP contribution in [-0.4, -0.2) is 26.1 Å². The summed E-state index contributed by atoms with van der Waals surface area (Å²) in [6.45, 7) is 11.7. The molecule has 0 saturated heterocycles. The summed E-state index contributed by atoms with van der Waals surface area (Å²) in [6, 6.07) is 6.29. The number of amides is 1. The molecule has 0 saturated carbocycles. The molecular weight excluding hydrogens is 422 g/mol. The topological polar surface area (TPSA) is 72.7 Å². The molecule has 0 aliphatic carbocycles. The van der Waals surface area contributed by atoms with Crippen molar-refractivity contribution in [1.29, 1.82) is 0 Å². The minimum Gasteiger partial charge on any atom is -0.326 e. The second-order valence-electron chi connectivity index (χ2n) is 10.2. The van der Waals surface area contributed by atoms with Gasteiger partial charge in [-0.3, -0.25) is 4.79 Å². The molecule has 0 unspecified atom stereocenters. The smallest absolute Gasteiger partial charge is 0.224 e. The van der Waals surface area contributed by atoms with Gasteiger partial charge in [0.05, 0.1) is 6.54 Å². The molecule has 6 nitrogen and oxygen atoms in total. The maximum Gasteiger partial charge on any atom is 0.224 e. The zero-order valence-corrected chi connectivity index (χ0v) is 22.3. The van der Waals surface area contributed by atoms with Crippen LogP contribution in [0.1, 0.15) is 134 Å². The van der Waals surface area contributed by atoms with Gasteiger partial charge in [0.2, 0.25) is 5.91 Å². The van der Waals surface area contributed by atoms with E-state index >= 15 is 0 Å². The number of tetrazole rings is 1. The number of hydrogen-bond acceptors (Lipinski definition) is 4. The first-order chi connectivity index (χ1) is 16.4. The summed E-state index contributed by atoms with van der Waals surface area (Å²) >= 11 is 0. The van der Waals surface area contributed by atoms with Crippen LogP contribution in [0.15, 0.2) is 18.2 Å². The Morgan fingerprint density at radius 3 is 2.00 bits per heavy atom. The second-order valence-corrected chi connectivity index (χ2v) is 10.2. The number of nitrogens with one attached hydrogen (secondary N) is 1. The Bertz CT molecular complexity index is 817. The Labute approximate surface area is 207 Å². The summed E-state index contributed by atoms with van der Waals surface area (Å²) in [6.07, 6.45) is 14.0. The molecule has 1 amide bonds. The molecule has 2 rings (SSSR count). The second kappa shape index (κ2) is 15.6. The lowest BCUT2D eigenvalue weighted by molar-refractivity contribution is -0.116. The zero-order valence-electron chi connectivity index (χ0n) is 22.3. The van der Waals surface area contributed by atoms with Crippen molar-refractivity contribution in [3.05, 3.63) is 35.2 Å². The van der Waals surface area contributed by atoms with Crippen LogP contribution in [-0.2, 0) is 17.8 Å². The van der Waals surface area contributed by atoms with Crippen molar-refractivity contribution in [2.75, 3.05) is 5.32 Å². The van der Waals surface area contributed by atoms with Gasteiger partial charge in [0.15, 0.2) is 5.82 Å². The average molecular weight is 470 g/mol. The Kier molecular flexibility index (Phi) is 12.9. The van der Waals surface area contributed by atoms with E-state index in [2.05, 4.69) is 73.5 Å². The van der Waals surface area contributed by atoms with Crippen molar-refractivity contribution >= 4 is 11.6 Å². The molecule has 1 heterocycles. The fraction of sp³-hybridized carbons (Fsp3) is 0.714. The van der Waals surface area contributed by atoms with Gasteiger partial charge in [0, 0.05) is 18.5 Å². The fourth-order valence-electron chi connectivity index (χ4n) is 4.33. The molecule has 1 aromatic heterocycles. The van der Waals surface area contributed by atoms with E-state index < -0.39 is 0 Å². The molecule has 2 aromatic rings. The maximum absolute atomic E-state index is 12.7. The number of hydrogen-bond donors (Lipinski definition) is 1. The third kappa shape index (κ3) is 9.94. The number of carbonyl (C=O) groups is 1. The highest BCUT2D eigenvalue weighted by Gasteiger charge is 2.16. The van der Waals surface area contributed by atoms with Crippen LogP contribution in [0.2, 0.25) is 0 Å². The van der Waals surface area contributed by atoms with Crippen LogP contribution >= 0.6 is 0 Å². The van der Waals surface area contributed by atoms with E-state index in [-0.39, 0.29) is 5.91 Å². The molecule has 0 fully saturated rings. The maximum atomic E-state index is 12.7. The molecular formula is C28H47N5O. The number of para-hydroxylation sites is 1. The standard InChI is InChI=1S/C28H47N5O/c1-6-7-8-9-10-11-12-13-14-15-21-33-31-26(30-32-33)19-20-27(34)29-28-24(22(2)3)17-16-18-25(28)23(4)5/h16-18,22-23H,6-15,19-21H2,1-5H3,(H,29,34). The van der Waals surface area contributed by atoms with Crippen LogP contribution in [0, 0.1) is 0 Å². The van der Waals surface area contributed by atoms with Gasteiger partial charge in [0.25, 0.3) is 0 Å². The van der Waals surface area contributed by atoms with Crippen LogP contribution in [0.25, 0.3) is 0 Å². The summed E-state index contributed by atoms with van der Waals surface area (Å²) in [5.41, 5.74) is 3.33. The van der Waals surface area contributed by atoms with E-state index in [1.165, 1.54) is 68.9 Å². The lowest BCUT2D eigenvalue weighted by Gasteiger charge is -2.20. The van der Waals surface area contributed by atoms with Gasteiger partial charge < -0.3 is 5.32 Å². The number of rotatable bonds is 17. The highest BCUT2D eigenvalue weighted by atomic mass is 16.1. The number of nitrogens with zero attached hydrogens (tertiary/aromatic N) is 4. The Hall–Kier alpha value is -2.24. The van der Waals surface area contributed by atoms with Gasteiger partial charge in [-0.1, -0.05) is 111 Å². The molecule has 0 spiro atoms. The lowest BCUT2D eigenvalue weighted by Crippen LogP contribution is -2.16. The average Bonchev–Trinajstić information content (AvgIpc) is 3.26. The molecule has 0 aliphatic heterocycles. The molecule has 6 heteroatoms. The third-order valence-electron chi connectivity index (χ3n) is 6.42. The van der Waals surface area contributed by atoms with E-state index in [9.17, 15) is 4.79 Å². The van der Waals surface area contributed by atoms with Gasteiger partial charge in [0.1, 0.15) is 0 Å². The van der Waals surface area contributed by atoms with E-state index in [1.54, 1.807) is 4.80 Å². The number of carbonyl (C=O) groups excluding carboxylic acids is 1. The Balaban J connectivity index is 1.70. The van der Waals surface area contributed by atoms with Crippen molar-refractivity contribution in [1.82, 2.24) is 20.2 Å². The lowest BCUT2D eigenvalue weighted by atomic mass is 9.92. The van der Waals surface area contributed by atoms with Crippen molar-refractivity contribution in [2.45, 2.75) is 130 Å². The first-order valence-electron chi connectivity index (χ1n) is 13.6. The molecule has 0 aliphatic rings. The Morgan fingerprint density at radius 1 is 0.882 bits per heavy atom. The molecule has 1 N–H and O–H groups in total. The number of aromatic nitrogens is 4. The quantitative estimate of drug-likeness (QED) is 0.245. The van der Waals surface area contributed by atoms with Crippen molar-refractivity contribution in [2.24, 2.45) is 0 Å². The van der Waals surface area contributed by atoms with Gasteiger partial charge in [-0.25, -0.2) is 0 Å². The Morgan fingerprint density at radius 2 is 1.44 bits per heavy atom. The number of aryl methyl sites for hydroxylation is 2. The molecule has 0 radical (unpaired) electrons. The van der Waals surface area contributed by atoms with Crippen LogP contribution < -0.4 is 5.32 Å². The normalized spacial score (nSPS) is 11.5. The van der Waals surface area contributed by atoms with E-state index in [0.717, 1.165) is 18.7 Å². The first-order valence-corrected chi connectivity index (χ1v) is 13.6. The van der Waals surface area contributed by atoms with Gasteiger partial charge in [-0.2, -0.15) is 4.80 Å². The minimum absolute atomic E-state index is 0.000967. The monoisotopic (exact) mass is 469 g/mol. The molecule has 0 atom stereocenters. The minimum atomic E-state index is 0.000967. The summed E-state index contributed by atoms with van der Waals surface area (Å²) in [5, 5.41) is 16.0. The summed E-state index contributed by atoms with van der Waals surface area (Å²) < 4.78 is 0. The van der Waals surface area contributed by atoms with E-state index in [0.29, 0.717) is 30.5 Å².